The Kier molecular flexibility index (Phi) is 2.97. The minimum absolute atomic E-state index is 0.00278. The van der Waals surface area contributed by atoms with E-state index in [1.807, 2.05) is 0 Å². The molecule has 0 saturated heterocycles. The first-order chi connectivity index (χ1) is 8.58. The number of hydrogen-bond acceptors (Lipinski definition) is 2. The Morgan fingerprint density at radius 2 is 1.95 bits per heavy atom. The van der Waals surface area contributed by atoms with Crippen molar-refractivity contribution in [3.05, 3.63) is 34.2 Å². The summed E-state index contributed by atoms with van der Waals surface area (Å²) < 4.78 is 38.9. The number of nitrogens with zero attached hydrogens (tertiary/aromatic N) is 1. The van der Waals surface area contributed by atoms with Crippen molar-refractivity contribution in [2.75, 3.05) is 0 Å². The maximum atomic E-state index is 12.6. The monoisotopic (exact) mass is 274 g/mol. The quantitative estimate of drug-likeness (QED) is 0.881. The number of aromatic nitrogens is 2. The highest BCUT2D eigenvalue weighted by Crippen LogP contribution is 2.30. The van der Waals surface area contributed by atoms with E-state index in [9.17, 15) is 23.1 Å². The van der Waals surface area contributed by atoms with Crippen LogP contribution in [0.1, 0.15) is 19.4 Å². The molecule has 0 spiro atoms. The summed E-state index contributed by atoms with van der Waals surface area (Å²) >= 11 is 0. The number of rotatable bonds is 2. The number of hydrogen-bond donors (Lipinski definition) is 2. The molecule has 19 heavy (non-hydrogen) atoms. The number of aromatic amines is 1. The molecular weight excluding hydrogens is 261 g/mol. The van der Waals surface area contributed by atoms with Crippen LogP contribution in [0.4, 0.5) is 13.2 Å². The summed E-state index contributed by atoms with van der Waals surface area (Å²) in [6.45, 7) is 3.03. The number of imidazole rings is 1. The second kappa shape index (κ2) is 4.12. The van der Waals surface area contributed by atoms with Crippen LogP contribution in [-0.4, -0.2) is 20.3 Å². The molecule has 0 radical (unpaired) electrons. The summed E-state index contributed by atoms with van der Waals surface area (Å²) in [5.74, 6) is 0. The lowest BCUT2D eigenvalue weighted by Gasteiger charge is -2.17. The zero-order valence-electron chi connectivity index (χ0n) is 10.4. The van der Waals surface area contributed by atoms with Gasteiger partial charge < -0.3 is 10.1 Å². The van der Waals surface area contributed by atoms with Crippen LogP contribution in [0.15, 0.2) is 23.0 Å². The van der Waals surface area contributed by atoms with E-state index in [4.69, 9.17) is 0 Å². The summed E-state index contributed by atoms with van der Waals surface area (Å²) in [6.07, 6.45) is -4.45. The van der Waals surface area contributed by atoms with Crippen LogP contribution < -0.4 is 5.69 Å². The molecule has 0 aliphatic heterocycles. The van der Waals surface area contributed by atoms with Gasteiger partial charge in [-0.05, 0) is 32.0 Å². The fraction of sp³-hybridized carbons (Fsp3) is 0.417. The molecular formula is C12H13F3N2O2. The van der Waals surface area contributed by atoms with Crippen molar-refractivity contribution in [1.29, 1.82) is 0 Å². The van der Waals surface area contributed by atoms with Crippen molar-refractivity contribution in [3.63, 3.8) is 0 Å². The van der Waals surface area contributed by atoms with E-state index in [1.54, 1.807) is 0 Å². The molecule has 0 atom stereocenters. The number of aliphatic hydroxyl groups is 1. The van der Waals surface area contributed by atoms with Gasteiger partial charge in [-0.3, -0.25) is 4.57 Å². The predicted molar refractivity (Wildman–Crippen MR) is 63.9 cm³/mol. The van der Waals surface area contributed by atoms with Crippen molar-refractivity contribution < 1.29 is 18.3 Å². The van der Waals surface area contributed by atoms with Crippen LogP contribution in [0.5, 0.6) is 0 Å². The van der Waals surface area contributed by atoms with Crippen LogP contribution in [0.25, 0.3) is 11.0 Å². The van der Waals surface area contributed by atoms with Crippen LogP contribution >= 0.6 is 0 Å². The van der Waals surface area contributed by atoms with Gasteiger partial charge in [-0.25, -0.2) is 4.79 Å². The first kappa shape index (κ1) is 13.7. The molecule has 7 heteroatoms. The third-order valence-corrected chi connectivity index (χ3v) is 2.65. The molecule has 2 aromatic rings. The first-order valence-corrected chi connectivity index (χ1v) is 5.60. The Labute approximate surface area is 106 Å². The standard InChI is InChI=1S/C12H13F3N2O2/c1-11(2,19)6-17-9-4-3-7(12(13,14)15)5-8(9)16-10(17)18/h3-5,19H,6H2,1-2H3,(H,16,18). The van der Waals surface area contributed by atoms with E-state index >= 15 is 0 Å². The van der Waals surface area contributed by atoms with Crippen LogP contribution in [0, 0.1) is 0 Å². The molecule has 0 bridgehead atoms. The van der Waals surface area contributed by atoms with Gasteiger partial charge in [-0.1, -0.05) is 0 Å². The fourth-order valence-corrected chi connectivity index (χ4v) is 1.88. The Hall–Kier alpha value is -1.76. The van der Waals surface area contributed by atoms with E-state index in [0.29, 0.717) is 5.52 Å². The SMILES string of the molecule is CC(C)(O)Cn1c(=O)[nH]c2cc(C(F)(F)F)ccc21. The molecule has 4 nitrogen and oxygen atoms in total. The van der Waals surface area contributed by atoms with Crippen molar-refractivity contribution >= 4 is 11.0 Å². The van der Waals surface area contributed by atoms with Gasteiger partial charge >= 0.3 is 11.9 Å². The fourth-order valence-electron chi connectivity index (χ4n) is 1.88. The number of H-pyrrole nitrogens is 1. The average Bonchev–Trinajstić information content (AvgIpc) is 2.51. The molecule has 1 heterocycles. The molecule has 0 fully saturated rings. The zero-order valence-corrected chi connectivity index (χ0v) is 10.4. The van der Waals surface area contributed by atoms with Crippen molar-refractivity contribution in [1.82, 2.24) is 9.55 Å². The molecule has 0 aliphatic carbocycles. The van der Waals surface area contributed by atoms with Gasteiger partial charge in [0.15, 0.2) is 0 Å². The maximum absolute atomic E-state index is 12.6. The van der Waals surface area contributed by atoms with E-state index in [0.717, 1.165) is 12.1 Å². The van der Waals surface area contributed by atoms with Crippen molar-refractivity contribution in [2.45, 2.75) is 32.2 Å². The van der Waals surface area contributed by atoms with Crippen molar-refractivity contribution in [3.8, 4) is 0 Å². The second-order valence-corrected chi connectivity index (χ2v) is 5.06. The van der Waals surface area contributed by atoms with Crippen LogP contribution in [0.3, 0.4) is 0 Å². The summed E-state index contributed by atoms with van der Waals surface area (Å²) in [5, 5.41) is 9.70. The number of nitrogens with one attached hydrogen (secondary N) is 1. The molecule has 2 N–H and O–H groups in total. The second-order valence-electron chi connectivity index (χ2n) is 5.06. The largest absolute Gasteiger partial charge is 0.416 e. The van der Waals surface area contributed by atoms with Crippen LogP contribution in [-0.2, 0) is 12.7 Å². The third kappa shape index (κ3) is 2.81. The maximum Gasteiger partial charge on any atom is 0.416 e. The first-order valence-electron chi connectivity index (χ1n) is 5.60. The molecule has 0 saturated carbocycles. The molecule has 1 aromatic heterocycles. The molecule has 104 valence electrons. The molecule has 0 unspecified atom stereocenters. The predicted octanol–water partition coefficient (Wildman–Crippen LogP) is 2.12. The Balaban J connectivity index is 2.58. The smallest absolute Gasteiger partial charge is 0.389 e. The Morgan fingerprint density at radius 1 is 1.32 bits per heavy atom. The van der Waals surface area contributed by atoms with E-state index in [2.05, 4.69) is 4.98 Å². The van der Waals surface area contributed by atoms with Gasteiger partial charge in [0.2, 0.25) is 0 Å². The Morgan fingerprint density at radius 3 is 2.47 bits per heavy atom. The number of benzene rings is 1. The zero-order chi connectivity index (χ0) is 14.4. The normalized spacial score (nSPS) is 13.2. The number of alkyl halides is 3. The highest BCUT2D eigenvalue weighted by molar-refractivity contribution is 5.76. The molecule has 2 rings (SSSR count). The van der Waals surface area contributed by atoms with Gasteiger partial charge in [-0.15, -0.1) is 0 Å². The topological polar surface area (TPSA) is 58.0 Å². The molecule has 0 aliphatic rings. The van der Waals surface area contributed by atoms with Gasteiger partial charge in [0.25, 0.3) is 0 Å². The summed E-state index contributed by atoms with van der Waals surface area (Å²) in [6, 6.07) is 3.02. The van der Waals surface area contributed by atoms with Gasteiger partial charge in [0.1, 0.15) is 0 Å². The van der Waals surface area contributed by atoms with E-state index in [1.165, 1.54) is 24.5 Å². The summed E-state index contributed by atoms with van der Waals surface area (Å²) in [5.41, 5.74) is -2.07. The van der Waals surface area contributed by atoms with Gasteiger partial charge in [0, 0.05) is 0 Å². The van der Waals surface area contributed by atoms with E-state index < -0.39 is 23.0 Å². The Bertz CT molecular complexity index is 662. The van der Waals surface area contributed by atoms with Crippen molar-refractivity contribution in [2.24, 2.45) is 0 Å². The minimum Gasteiger partial charge on any atom is -0.389 e. The lowest BCUT2D eigenvalue weighted by atomic mass is 10.1. The number of fused-ring (bicyclic) bond motifs is 1. The lowest BCUT2D eigenvalue weighted by molar-refractivity contribution is -0.137. The third-order valence-electron chi connectivity index (χ3n) is 2.65. The number of halogens is 3. The highest BCUT2D eigenvalue weighted by atomic mass is 19.4. The highest BCUT2D eigenvalue weighted by Gasteiger charge is 2.31. The minimum atomic E-state index is -4.45. The van der Waals surface area contributed by atoms with Gasteiger partial charge in [-0.2, -0.15) is 13.2 Å². The van der Waals surface area contributed by atoms with Crippen LogP contribution in [0.2, 0.25) is 0 Å². The molecule has 1 aromatic carbocycles. The average molecular weight is 274 g/mol. The van der Waals surface area contributed by atoms with Gasteiger partial charge in [0.05, 0.1) is 28.7 Å². The summed E-state index contributed by atoms with van der Waals surface area (Å²) in [7, 11) is 0. The van der Waals surface area contributed by atoms with E-state index in [-0.39, 0.29) is 12.1 Å². The lowest BCUT2D eigenvalue weighted by Crippen LogP contribution is -2.31. The molecule has 0 amide bonds. The summed E-state index contributed by atoms with van der Waals surface area (Å²) in [4.78, 5) is 14.1.